The normalized spacial score (nSPS) is 10.2. The van der Waals surface area contributed by atoms with Gasteiger partial charge in [-0.05, 0) is 30.2 Å². The third-order valence-electron chi connectivity index (χ3n) is 3.03. The van der Waals surface area contributed by atoms with E-state index in [9.17, 15) is 4.79 Å². The topological polar surface area (TPSA) is 76.1 Å². The van der Waals surface area contributed by atoms with Gasteiger partial charge in [0.1, 0.15) is 5.69 Å². The number of amides is 1. The molecule has 0 unspecified atom stereocenters. The van der Waals surface area contributed by atoms with E-state index in [1.165, 1.54) is 0 Å². The smallest absolute Gasteiger partial charge is 0.269 e. The number of ether oxygens (including phenoxy) is 1. The highest BCUT2D eigenvalue weighted by molar-refractivity contribution is 5.92. The molecule has 2 rings (SSSR count). The molecule has 2 N–H and O–H groups in total. The highest BCUT2D eigenvalue weighted by Gasteiger charge is 2.06. The molecule has 0 radical (unpaired) electrons. The van der Waals surface area contributed by atoms with Crippen LogP contribution in [0.5, 0.6) is 0 Å². The van der Waals surface area contributed by atoms with Crippen LogP contribution in [0.3, 0.4) is 0 Å². The first-order chi connectivity index (χ1) is 10.8. The van der Waals surface area contributed by atoms with Crippen molar-refractivity contribution in [2.75, 3.05) is 25.6 Å². The summed E-state index contributed by atoms with van der Waals surface area (Å²) in [5.41, 5.74) is 2.35. The number of anilines is 1. The van der Waals surface area contributed by atoms with Gasteiger partial charge >= 0.3 is 0 Å². The third-order valence-corrected chi connectivity index (χ3v) is 3.03. The Kier molecular flexibility index (Phi) is 6.32. The van der Waals surface area contributed by atoms with E-state index in [0.29, 0.717) is 25.4 Å². The highest BCUT2D eigenvalue weighted by Crippen LogP contribution is 2.08. The average Bonchev–Trinajstić information content (AvgIpc) is 2.58. The van der Waals surface area contributed by atoms with E-state index in [0.717, 1.165) is 17.7 Å². The van der Waals surface area contributed by atoms with Crippen molar-refractivity contribution < 1.29 is 9.53 Å². The molecule has 22 heavy (non-hydrogen) atoms. The molecule has 2 heterocycles. The largest absolute Gasteiger partial charge is 0.385 e. The number of nitrogens with one attached hydrogen (secondary N) is 2. The SMILES string of the molecule is COCCCNC(=O)c1ccc(NCc2cccnc2)cn1. The fourth-order valence-electron chi connectivity index (χ4n) is 1.85. The summed E-state index contributed by atoms with van der Waals surface area (Å²) in [7, 11) is 1.64. The predicted molar refractivity (Wildman–Crippen MR) is 84.6 cm³/mol. The summed E-state index contributed by atoms with van der Waals surface area (Å²) in [4.78, 5) is 20.1. The minimum absolute atomic E-state index is 0.171. The molecular formula is C16H20N4O2. The second-order valence-corrected chi connectivity index (χ2v) is 4.75. The minimum atomic E-state index is -0.171. The molecule has 6 heteroatoms. The molecule has 0 aromatic carbocycles. The molecule has 0 saturated heterocycles. The van der Waals surface area contributed by atoms with Crippen LogP contribution >= 0.6 is 0 Å². The van der Waals surface area contributed by atoms with Crippen molar-refractivity contribution in [3.63, 3.8) is 0 Å². The van der Waals surface area contributed by atoms with Crippen LogP contribution in [0.1, 0.15) is 22.5 Å². The van der Waals surface area contributed by atoms with Crippen LogP contribution in [0.4, 0.5) is 5.69 Å². The van der Waals surface area contributed by atoms with Gasteiger partial charge in [0, 0.05) is 39.2 Å². The number of methoxy groups -OCH3 is 1. The lowest BCUT2D eigenvalue weighted by molar-refractivity contribution is 0.0943. The summed E-state index contributed by atoms with van der Waals surface area (Å²) in [5, 5.41) is 6.04. The standard InChI is InChI=1S/C16H20N4O2/c1-22-9-3-8-18-16(21)15-6-5-14(12-20-15)19-11-13-4-2-7-17-10-13/h2,4-7,10,12,19H,3,8-9,11H2,1H3,(H,18,21). The van der Waals surface area contributed by atoms with Gasteiger partial charge in [0.15, 0.2) is 0 Å². The quantitative estimate of drug-likeness (QED) is 0.728. The molecule has 2 aromatic rings. The van der Waals surface area contributed by atoms with Crippen LogP contribution in [0, 0.1) is 0 Å². The van der Waals surface area contributed by atoms with Crippen LogP contribution in [-0.2, 0) is 11.3 Å². The van der Waals surface area contributed by atoms with Gasteiger partial charge in [0.25, 0.3) is 5.91 Å². The van der Waals surface area contributed by atoms with Gasteiger partial charge in [-0.1, -0.05) is 6.07 Å². The number of hydrogen-bond acceptors (Lipinski definition) is 5. The van der Waals surface area contributed by atoms with Gasteiger partial charge in [-0.25, -0.2) is 4.98 Å². The molecule has 116 valence electrons. The van der Waals surface area contributed by atoms with Crippen molar-refractivity contribution >= 4 is 11.6 Å². The van der Waals surface area contributed by atoms with E-state index >= 15 is 0 Å². The predicted octanol–water partition coefficient (Wildman–Crippen LogP) is 1.85. The Morgan fingerprint density at radius 3 is 2.86 bits per heavy atom. The van der Waals surface area contributed by atoms with Gasteiger partial charge < -0.3 is 15.4 Å². The first kappa shape index (κ1) is 15.9. The Bertz CT molecular complexity index is 572. The number of hydrogen-bond donors (Lipinski definition) is 2. The van der Waals surface area contributed by atoms with E-state index in [4.69, 9.17) is 4.74 Å². The van der Waals surface area contributed by atoms with Crippen molar-refractivity contribution in [2.45, 2.75) is 13.0 Å². The van der Waals surface area contributed by atoms with Crippen molar-refractivity contribution in [1.29, 1.82) is 0 Å². The van der Waals surface area contributed by atoms with E-state index in [1.807, 2.05) is 24.4 Å². The second-order valence-electron chi connectivity index (χ2n) is 4.75. The van der Waals surface area contributed by atoms with Crippen LogP contribution < -0.4 is 10.6 Å². The zero-order valence-corrected chi connectivity index (χ0v) is 12.6. The summed E-state index contributed by atoms with van der Waals surface area (Å²) in [6.07, 6.45) is 5.99. The lowest BCUT2D eigenvalue weighted by Gasteiger charge is -2.07. The number of nitrogens with zero attached hydrogens (tertiary/aromatic N) is 2. The van der Waals surface area contributed by atoms with E-state index in [1.54, 1.807) is 25.6 Å². The first-order valence-corrected chi connectivity index (χ1v) is 7.15. The fraction of sp³-hybridized carbons (Fsp3) is 0.312. The lowest BCUT2D eigenvalue weighted by Crippen LogP contribution is -2.26. The summed E-state index contributed by atoms with van der Waals surface area (Å²) < 4.78 is 4.93. The van der Waals surface area contributed by atoms with Crippen LogP contribution in [-0.4, -0.2) is 36.1 Å². The number of pyridine rings is 2. The van der Waals surface area contributed by atoms with Crippen LogP contribution in [0.2, 0.25) is 0 Å². The maximum atomic E-state index is 11.9. The Morgan fingerprint density at radius 1 is 1.27 bits per heavy atom. The van der Waals surface area contributed by atoms with E-state index in [-0.39, 0.29) is 5.91 Å². The average molecular weight is 300 g/mol. The zero-order chi connectivity index (χ0) is 15.6. The number of carbonyl (C=O) groups is 1. The highest BCUT2D eigenvalue weighted by atomic mass is 16.5. The molecule has 6 nitrogen and oxygen atoms in total. The number of carbonyl (C=O) groups excluding carboxylic acids is 1. The van der Waals surface area contributed by atoms with E-state index < -0.39 is 0 Å². The summed E-state index contributed by atoms with van der Waals surface area (Å²) in [6.45, 7) is 1.87. The molecule has 0 aliphatic rings. The summed E-state index contributed by atoms with van der Waals surface area (Å²) in [5.74, 6) is -0.171. The van der Waals surface area contributed by atoms with Gasteiger partial charge in [0.05, 0.1) is 11.9 Å². The zero-order valence-electron chi connectivity index (χ0n) is 12.6. The molecular weight excluding hydrogens is 280 g/mol. The van der Waals surface area contributed by atoms with Crippen LogP contribution in [0.15, 0.2) is 42.9 Å². The van der Waals surface area contributed by atoms with Gasteiger partial charge in [-0.15, -0.1) is 0 Å². The second kappa shape index (κ2) is 8.74. The Balaban J connectivity index is 1.81. The molecule has 0 spiro atoms. The minimum Gasteiger partial charge on any atom is -0.385 e. The molecule has 0 aliphatic carbocycles. The molecule has 1 amide bonds. The first-order valence-electron chi connectivity index (χ1n) is 7.15. The molecule has 0 bridgehead atoms. The van der Waals surface area contributed by atoms with Gasteiger partial charge in [0.2, 0.25) is 0 Å². The molecule has 2 aromatic heterocycles. The maximum Gasteiger partial charge on any atom is 0.269 e. The molecule has 0 atom stereocenters. The number of rotatable bonds is 8. The monoisotopic (exact) mass is 300 g/mol. The summed E-state index contributed by atoms with van der Waals surface area (Å²) >= 11 is 0. The van der Waals surface area contributed by atoms with Crippen molar-refractivity contribution in [1.82, 2.24) is 15.3 Å². The third kappa shape index (κ3) is 5.14. The lowest BCUT2D eigenvalue weighted by atomic mass is 10.2. The maximum absolute atomic E-state index is 11.9. The fourth-order valence-corrected chi connectivity index (χ4v) is 1.85. The van der Waals surface area contributed by atoms with Gasteiger partial charge in [-0.3, -0.25) is 9.78 Å². The van der Waals surface area contributed by atoms with Crippen molar-refractivity contribution in [2.24, 2.45) is 0 Å². The van der Waals surface area contributed by atoms with E-state index in [2.05, 4.69) is 20.6 Å². The summed E-state index contributed by atoms with van der Waals surface area (Å²) in [6, 6.07) is 7.44. The van der Waals surface area contributed by atoms with Crippen LogP contribution in [0.25, 0.3) is 0 Å². The molecule has 0 saturated carbocycles. The Hall–Kier alpha value is -2.47. The Labute approximate surface area is 129 Å². The van der Waals surface area contributed by atoms with Crippen molar-refractivity contribution in [3.05, 3.63) is 54.1 Å². The number of aromatic nitrogens is 2. The Morgan fingerprint density at radius 2 is 2.18 bits per heavy atom. The molecule has 0 aliphatic heterocycles. The molecule has 0 fully saturated rings. The van der Waals surface area contributed by atoms with Crippen molar-refractivity contribution in [3.8, 4) is 0 Å². The van der Waals surface area contributed by atoms with Gasteiger partial charge in [-0.2, -0.15) is 0 Å².